The van der Waals surface area contributed by atoms with Crippen LogP contribution in [-0.2, 0) is 4.79 Å². The summed E-state index contributed by atoms with van der Waals surface area (Å²) in [6.45, 7) is 2.09. The maximum atomic E-state index is 11.9. The Hall–Kier alpha value is -0.610. The number of aromatic hydroxyl groups is 1. The van der Waals surface area contributed by atoms with E-state index in [0.717, 1.165) is 17.1 Å². The standard InChI is InChI=1S/C14H17IN2O3S2/c1-14(21-3-4-22-14)7-12(18)17-16-8-9-5-10(15)13(19)11(6-9)20-2/h5-6,8,19H,3-4,7H2,1-2H3,(H,17,18)/b16-8+. The number of rotatable bonds is 5. The summed E-state index contributed by atoms with van der Waals surface area (Å²) in [5.74, 6) is 2.56. The number of phenols is 1. The van der Waals surface area contributed by atoms with Gasteiger partial charge < -0.3 is 9.84 Å². The van der Waals surface area contributed by atoms with Crippen LogP contribution in [0.5, 0.6) is 11.5 Å². The number of thioether (sulfide) groups is 2. The Bertz CT molecular complexity index is 590. The molecule has 2 N–H and O–H groups in total. The quantitative estimate of drug-likeness (QED) is 0.409. The number of nitrogens with one attached hydrogen (secondary N) is 1. The molecule has 1 aliphatic rings. The van der Waals surface area contributed by atoms with Crippen LogP contribution in [0, 0.1) is 3.57 Å². The number of halogens is 1. The molecule has 0 unspecified atom stereocenters. The number of hydrogen-bond acceptors (Lipinski definition) is 6. The van der Waals surface area contributed by atoms with Crippen molar-refractivity contribution in [3.05, 3.63) is 21.3 Å². The highest BCUT2D eigenvalue weighted by atomic mass is 127. The van der Waals surface area contributed by atoms with E-state index >= 15 is 0 Å². The third kappa shape index (κ3) is 4.69. The lowest BCUT2D eigenvalue weighted by molar-refractivity contribution is -0.121. The lowest BCUT2D eigenvalue weighted by Gasteiger charge is -2.19. The predicted octanol–water partition coefficient (Wildman–Crippen LogP) is 3.04. The number of nitrogens with zero attached hydrogens (tertiary/aromatic N) is 1. The molecular weight excluding hydrogens is 435 g/mol. The van der Waals surface area contributed by atoms with Crippen LogP contribution >= 0.6 is 46.1 Å². The molecule has 22 heavy (non-hydrogen) atoms. The number of phenolic OH excluding ortho intramolecular Hbond substituents is 1. The van der Waals surface area contributed by atoms with Crippen molar-refractivity contribution >= 4 is 58.2 Å². The normalized spacial score (nSPS) is 16.9. The summed E-state index contributed by atoms with van der Waals surface area (Å²) in [5, 5.41) is 13.7. The molecular formula is C14H17IN2O3S2. The molecule has 1 aliphatic heterocycles. The van der Waals surface area contributed by atoms with Crippen molar-refractivity contribution in [2.24, 2.45) is 5.10 Å². The van der Waals surface area contributed by atoms with Crippen molar-refractivity contribution in [3.63, 3.8) is 0 Å². The first-order valence-corrected chi connectivity index (χ1v) is 9.65. The van der Waals surface area contributed by atoms with E-state index in [-0.39, 0.29) is 15.7 Å². The van der Waals surface area contributed by atoms with E-state index < -0.39 is 0 Å². The van der Waals surface area contributed by atoms with Gasteiger partial charge in [0.15, 0.2) is 11.5 Å². The van der Waals surface area contributed by atoms with Gasteiger partial charge in [-0.05, 0) is 47.2 Å². The van der Waals surface area contributed by atoms with Crippen molar-refractivity contribution in [2.75, 3.05) is 18.6 Å². The van der Waals surface area contributed by atoms with Crippen molar-refractivity contribution in [3.8, 4) is 11.5 Å². The van der Waals surface area contributed by atoms with Gasteiger partial charge in [-0.1, -0.05) is 0 Å². The third-order valence-corrected chi connectivity index (χ3v) is 7.17. The molecule has 5 nitrogen and oxygen atoms in total. The second-order valence-corrected chi connectivity index (χ2v) is 9.47. The third-order valence-electron chi connectivity index (χ3n) is 3.05. The van der Waals surface area contributed by atoms with Gasteiger partial charge in [0.25, 0.3) is 0 Å². The molecule has 0 aliphatic carbocycles. The van der Waals surface area contributed by atoms with Crippen LogP contribution in [0.2, 0.25) is 0 Å². The molecule has 1 saturated heterocycles. The van der Waals surface area contributed by atoms with Crippen molar-refractivity contribution in [1.29, 1.82) is 0 Å². The zero-order valence-corrected chi connectivity index (χ0v) is 16.0. The molecule has 0 bridgehead atoms. The molecule has 1 aromatic rings. The van der Waals surface area contributed by atoms with E-state index in [1.807, 2.05) is 46.1 Å². The van der Waals surface area contributed by atoms with Gasteiger partial charge in [-0.15, -0.1) is 23.5 Å². The fraction of sp³-hybridized carbons (Fsp3) is 0.429. The summed E-state index contributed by atoms with van der Waals surface area (Å²) in [4.78, 5) is 11.9. The Morgan fingerprint density at radius 3 is 2.86 bits per heavy atom. The topological polar surface area (TPSA) is 70.9 Å². The van der Waals surface area contributed by atoms with Gasteiger partial charge in [0.2, 0.25) is 5.91 Å². The van der Waals surface area contributed by atoms with Gasteiger partial charge in [0.1, 0.15) is 0 Å². The summed E-state index contributed by atoms with van der Waals surface area (Å²) in [7, 11) is 1.49. The van der Waals surface area contributed by atoms with Crippen molar-refractivity contribution < 1.29 is 14.6 Å². The number of carbonyl (C=O) groups is 1. The molecule has 120 valence electrons. The Kier molecular flexibility index (Phi) is 6.27. The van der Waals surface area contributed by atoms with E-state index in [1.54, 1.807) is 18.3 Å². The smallest absolute Gasteiger partial charge is 0.242 e. The second-order valence-electron chi connectivity index (χ2n) is 4.85. The second kappa shape index (κ2) is 7.78. The molecule has 0 radical (unpaired) electrons. The molecule has 8 heteroatoms. The zero-order valence-electron chi connectivity index (χ0n) is 12.3. The molecule has 0 aromatic heterocycles. The molecule has 2 rings (SSSR count). The van der Waals surface area contributed by atoms with Gasteiger partial charge in [-0.2, -0.15) is 5.10 Å². The highest BCUT2D eigenvalue weighted by molar-refractivity contribution is 14.1. The number of carbonyl (C=O) groups excluding carboxylic acids is 1. The lowest BCUT2D eigenvalue weighted by atomic mass is 10.2. The fourth-order valence-electron chi connectivity index (χ4n) is 1.99. The van der Waals surface area contributed by atoms with E-state index in [0.29, 0.717) is 15.7 Å². The zero-order chi connectivity index (χ0) is 16.2. The van der Waals surface area contributed by atoms with Crippen LogP contribution in [0.4, 0.5) is 0 Å². The first kappa shape index (κ1) is 17.7. The van der Waals surface area contributed by atoms with Gasteiger partial charge >= 0.3 is 0 Å². The number of hydrazone groups is 1. The van der Waals surface area contributed by atoms with Crippen molar-refractivity contribution in [2.45, 2.75) is 17.4 Å². The largest absolute Gasteiger partial charge is 0.504 e. The fourth-order valence-corrected chi connectivity index (χ4v) is 5.45. The monoisotopic (exact) mass is 452 g/mol. The highest BCUT2D eigenvalue weighted by Gasteiger charge is 2.32. The minimum absolute atomic E-state index is 0.0449. The minimum Gasteiger partial charge on any atom is -0.504 e. The van der Waals surface area contributed by atoms with Gasteiger partial charge in [-0.25, -0.2) is 5.43 Å². The van der Waals surface area contributed by atoms with E-state index in [2.05, 4.69) is 17.5 Å². The van der Waals surface area contributed by atoms with Crippen LogP contribution < -0.4 is 10.2 Å². The number of ether oxygens (including phenoxy) is 1. The van der Waals surface area contributed by atoms with Crippen LogP contribution in [0.3, 0.4) is 0 Å². The van der Waals surface area contributed by atoms with Crippen LogP contribution in [0.1, 0.15) is 18.9 Å². The summed E-state index contributed by atoms with van der Waals surface area (Å²) >= 11 is 5.65. The molecule has 1 aromatic carbocycles. The summed E-state index contributed by atoms with van der Waals surface area (Å²) in [6.07, 6.45) is 1.98. The van der Waals surface area contributed by atoms with Gasteiger partial charge in [-0.3, -0.25) is 4.79 Å². The maximum absolute atomic E-state index is 11.9. The first-order valence-electron chi connectivity index (χ1n) is 6.60. The Morgan fingerprint density at radius 1 is 1.55 bits per heavy atom. The molecule has 0 saturated carbocycles. The molecule has 0 spiro atoms. The van der Waals surface area contributed by atoms with E-state index in [9.17, 15) is 9.90 Å². The number of benzene rings is 1. The number of methoxy groups -OCH3 is 1. The van der Waals surface area contributed by atoms with E-state index in [1.165, 1.54) is 7.11 Å². The van der Waals surface area contributed by atoms with E-state index in [4.69, 9.17) is 4.74 Å². The molecule has 0 atom stereocenters. The minimum atomic E-state index is -0.0962. The SMILES string of the molecule is COc1cc(/C=N/NC(=O)CC2(C)SCCS2)cc(I)c1O. The highest BCUT2D eigenvalue weighted by Crippen LogP contribution is 2.45. The van der Waals surface area contributed by atoms with Gasteiger partial charge in [0, 0.05) is 11.5 Å². The summed E-state index contributed by atoms with van der Waals surface area (Å²) in [6, 6.07) is 3.43. The first-order chi connectivity index (χ1) is 10.4. The summed E-state index contributed by atoms with van der Waals surface area (Å²) in [5.41, 5.74) is 3.30. The average molecular weight is 452 g/mol. The number of amides is 1. The van der Waals surface area contributed by atoms with Crippen molar-refractivity contribution in [1.82, 2.24) is 5.43 Å². The molecule has 1 heterocycles. The Labute approximate surface area is 151 Å². The average Bonchev–Trinajstić information content (AvgIpc) is 2.88. The Morgan fingerprint density at radius 2 is 2.23 bits per heavy atom. The van der Waals surface area contributed by atoms with Crippen LogP contribution in [-0.4, -0.2) is 39.9 Å². The van der Waals surface area contributed by atoms with Gasteiger partial charge in [0.05, 0.1) is 27.4 Å². The van der Waals surface area contributed by atoms with Crippen LogP contribution in [0.25, 0.3) is 0 Å². The summed E-state index contributed by atoms with van der Waals surface area (Å²) < 4.78 is 5.70. The Balaban J connectivity index is 1.95. The molecule has 1 fully saturated rings. The number of hydrogen-bond donors (Lipinski definition) is 2. The molecule has 1 amide bonds. The lowest BCUT2D eigenvalue weighted by Crippen LogP contribution is -2.26. The predicted molar refractivity (Wildman–Crippen MR) is 101 cm³/mol. The van der Waals surface area contributed by atoms with Crippen LogP contribution in [0.15, 0.2) is 17.2 Å². The maximum Gasteiger partial charge on any atom is 0.242 e.